The van der Waals surface area contributed by atoms with Crippen molar-refractivity contribution < 1.29 is 14.7 Å². The average Bonchev–Trinajstić information content (AvgIpc) is 3.18. The molecule has 186 valence electrons. The second-order valence-corrected chi connectivity index (χ2v) is 9.08. The third-order valence-corrected chi connectivity index (χ3v) is 6.62. The molecule has 2 heterocycles. The Kier molecular flexibility index (Phi) is 7.70. The van der Waals surface area contributed by atoms with Crippen LogP contribution in [0.15, 0.2) is 66.7 Å². The fourth-order valence-electron chi connectivity index (χ4n) is 4.71. The maximum absolute atomic E-state index is 13.1. The molecule has 1 unspecified atom stereocenters. The largest absolute Gasteiger partial charge is 0.481 e. The number of hydrogen-bond acceptors (Lipinski definition) is 6. The van der Waals surface area contributed by atoms with Crippen LogP contribution in [0.25, 0.3) is 11.3 Å². The number of carbonyl (C=O) groups excluding carboxylic acids is 1. The Bertz CT molecular complexity index is 1210. The van der Waals surface area contributed by atoms with Crippen LogP contribution in [0.2, 0.25) is 0 Å². The van der Waals surface area contributed by atoms with Gasteiger partial charge in [-0.05, 0) is 37.0 Å². The Hall–Kier alpha value is -4.11. The van der Waals surface area contributed by atoms with Crippen LogP contribution in [0.3, 0.4) is 0 Å². The first kappa shape index (κ1) is 25.0. The molecule has 9 nitrogen and oxygen atoms in total. The van der Waals surface area contributed by atoms with E-state index in [-0.39, 0.29) is 24.2 Å². The van der Waals surface area contributed by atoms with Crippen LogP contribution in [-0.4, -0.2) is 50.5 Å². The van der Waals surface area contributed by atoms with Crippen molar-refractivity contribution in [2.75, 3.05) is 6.54 Å². The zero-order valence-corrected chi connectivity index (χ0v) is 19.9. The lowest BCUT2D eigenvalue weighted by Crippen LogP contribution is -2.41. The summed E-state index contributed by atoms with van der Waals surface area (Å²) in [5.74, 6) is -1.76. The normalized spacial score (nSPS) is 18.2. The monoisotopic (exact) mass is 486 g/mol. The molecule has 0 spiro atoms. The topological polar surface area (TPSA) is 159 Å². The van der Waals surface area contributed by atoms with Crippen molar-refractivity contribution in [3.63, 3.8) is 0 Å². The summed E-state index contributed by atoms with van der Waals surface area (Å²) >= 11 is 0. The molecule has 0 radical (unpaired) electrons. The average molecular weight is 487 g/mol. The van der Waals surface area contributed by atoms with Gasteiger partial charge in [0.1, 0.15) is 5.84 Å². The number of aryl methyl sites for hydroxylation is 1. The highest BCUT2D eigenvalue weighted by molar-refractivity contribution is 5.95. The molecule has 6 N–H and O–H groups in total. The lowest BCUT2D eigenvalue weighted by molar-refractivity contribution is -0.142. The number of nitrogens with zero attached hydrogens (tertiary/aromatic N) is 3. The minimum absolute atomic E-state index is 0.00501. The number of aliphatic carboxylic acids is 1. The number of hydrogen-bond donors (Lipinski definition) is 4. The van der Waals surface area contributed by atoms with Crippen molar-refractivity contribution in [2.45, 2.75) is 37.8 Å². The van der Waals surface area contributed by atoms with Gasteiger partial charge in [0, 0.05) is 17.7 Å². The van der Waals surface area contributed by atoms with Crippen molar-refractivity contribution in [3.05, 3.63) is 83.6 Å². The van der Waals surface area contributed by atoms with E-state index in [9.17, 15) is 14.7 Å². The molecule has 1 aromatic heterocycles. The van der Waals surface area contributed by atoms with E-state index in [0.29, 0.717) is 29.9 Å². The molecule has 2 aromatic carbocycles. The Labute approximate surface area is 209 Å². The number of aromatic nitrogens is 2. The minimum Gasteiger partial charge on any atom is -0.481 e. The zero-order valence-electron chi connectivity index (χ0n) is 19.9. The number of carbonyl (C=O) groups is 2. The summed E-state index contributed by atoms with van der Waals surface area (Å²) in [4.78, 5) is 26.2. The van der Waals surface area contributed by atoms with Gasteiger partial charge in [-0.15, -0.1) is 0 Å². The lowest BCUT2D eigenvalue weighted by Gasteiger charge is -2.29. The SMILES string of the molecule is N=C(N)c1ccc(-c2ccc(C(N)[C@@H]3C[C@@H](CC(=O)O)C(=O)N3CCCc3ccccc3)nn2)cc1. The molecular formula is C27H30N6O3. The number of nitrogen functional groups attached to an aromatic ring is 1. The first-order valence-corrected chi connectivity index (χ1v) is 11.9. The first-order valence-electron chi connectivity index (χ1n) is 11.9. The van der Waals surface area contributed by atoms with Crippen LogP contribution in [0.5, 0.6) is 0 Å². The van der Waals surface area contributed by atoms with Crippen LogP contribution >= 0.6 is 0 Å². The highest BCUT2D eigenvalue weighted by atomic mass is 16.4. The minimum atomic E-state index is -0.994. The van der Waals surface area contributed by atoms with Crippen molar-refractivity contribution in [2.24, 2.45) is 17.4 Å². The number of nitrogens with one attached hydrogen (secondary N) is 1. The Balaban J connectivity index is 1.48. The highest BCUT2D eigenvalue weighted by Crippen LogP contribution is 2.34. The van der Waals surface area contributed by atoms with Crippen LogP contribution < -0.4 is 11.5 Å². The van der Waals surface area contributed by atoms with Crippen molar-refractivity contribution in [1.82, 2.24) is 15.1 Å². The van der Waals surface area contributed by atoms with Crippen molar-refractivity contribution >= 4 is 17.7 Å². The quantitative estimate of drug-likeness (QED) is 0.253. The van der Waals surface area contributed by atoms with E-state index in [1.54, 1.807) is 23.1 Å². The summed E-state index contributed by atoms with van der Waals surface area (Å²) in [5.41, 5.74) is 15.9. The van der Waals surface area contributed by atoms with E-state index in [1.807, 2.05) is 48.5 Å². The van der Waals surface area contributed by atoms with E-state index in [1.165, 1.54) is 5.56 Å². The molecule has 3 atom stereocenters. The molecule has 0 bridgehead atoms. The van der Waals surface area contributed by atoms with Gasteiger partial charge in [-0.2, -0.15) is 10.2 Å². The van der Waals surface area contributed by atoms with E-state index in [2.05, 4.69) is 10.2 Å². The zero-order chi connectivity index (χ0) is 25.7. The summed E-state index contributed by atoms with van der Waals surface area (Å²) in [6.45, 7) is 0.496. The van der Waals surface area contributed by atoms with Crippen LogP contribution in [0, 0.1) is 11.3 Å². The Morgan fingerprint density at radius 3 is 2.42 bits per heavy atom. The molecule has 4 rings (SSSR count). The maximum Gasteiger partial charge on any atom is 0.304 e. The molecule has 1 aliphatic heterocycles. The molecule has 3 aromatic rings. The van der Waals surface area contributed by atoms with Crippen LogP contribution in [0.1, 0.15) is 42.1 Å². The molecule has 1 saturated heterocycles. The number of amidine groups is 1. The third-order valence-electron chi connectivity index (χ3n) is 6.62. The summed E-state index contributed by atoms with van der Waals surface area (Å²) in [6, 6.07) is 19.8. The van der Waals surface area contributed by atoms with E-state index < -0.39 is 17.9 Å². The number of carboxylic acid groups (broad SMARTS) is 1. The maximum atomic E-state index is 13.1. The molecule has 36 heavy (non-hydrogen) atoms. The second kappa shape index (κ2) is 11.1. The van der Waals surface area contributed by atoms with Crippen LogP contribution in [-0.2, 0) is 16.0 Å². The van der Waals surface area contributed by atoms with Gasteiger partial charge >= 0.3 is 5.97 Å². The van der Waals surface area contributed by atoms with Gasteiger partial charge < -0.3 is 21.5 Å². The van der Waals surface area contributed by atoms with Gasteiger partial charge in [-0.1, -0.05) is 54.6 Å². The predicted molar refractivity (Wildman–Crippen MR) is 136 cm³/mol. The summed E-state index contributed by atoms with van der Waals surface area (Å²) in [7, 11) is 0. The first-order chi connectivity index (χ1) is 17.3. The fraction of sp³-hybridized carbons (Fsp3) is 0.296. The highest BCUT2D eigenvalue weighted by Gasteiger charge is 2.43. The van der Waals surface area contributed by atoms with E-state index in [4.69, 9.17) is 16.9 Å². The number of nitrogens with two attached hydrogens (primary N) is 2. The lowest BCUT2D eigenvalue weighted by atomic mass is 9.96. The molecule has 0 saturated carbocycles. The number of rotatable bonds is 10. The van der Waals surface area contributed by atoms with Gasteiger partial charge in [0.2, 0.25) is 5.91 Å². The van der Waals surface area contributed by atoms with E-state index in [0.717, 1.165) is 18.4 Å². The van der Waals surface area contributed by atoms with Crippen molar-refractivity contribution in [3.8, 4) is 11.3 Å². The molecular weight excluding hydrogens is 456 g/mol. The van der Waals surface area contributed by atoms with Gasteiger partial charge in [-0.25, -0.2) is 0 Å². The number of likely N-dealkylation sites (tertiary alicyclic amines) is 1. The third kappa shape index (κ3) is 5.75. The predicted octanol–water partition coefficient (Wildman–Crippen LogP) is 2.75. The second-order valence-electron chi connectivity index (χ2n) is 9.08. The number of amides is 1. The van der Waals surface area contributed by atoms with Gasteiger partial charge in [0.05, 0.1) is 35.8 Å². The smallest absolute Gasteiger partial charge is 0.304 e. The standard InChI is InChI=1S/C27H30N6O3/c28-25(22-13-12-21(31-32-22)18-8-10-19(11-9-18)26(29)30)23-15-20(16-24(34)35)27(36)33(23)14-4-7-17-5-2-1-3-6-17/h1-3,5-6,8-13,20,23,25H,4,7,14-16,28H2,(H3,29,30)(H,34,35)/t20-,23-,25?/m0/s1. The molecule has 1 amide bonds. The number of benzene rings is 2. The van der Waals surface area contributed by atoms with Gasteiger partial charge in [-0.3, -0.25) is 15.0 Å². The van der Waals surface area contributed by atoms with Gasteiger partial charge in [0.15, 0.2) is 0 Å². The molecule has 0 aliphatic carbocycles. The summed E-state index contributed by atoms with van der Waals surface area (Å²) in [6.07, 6.45) is 1.72. The Morgan fingerprint density at radius 2 is 1.81 bits per heavy atom. The summed E-state index contributed by atoms with van der Waals surface area (Å²) in [5, 5.41) is 25.4. The number of carboxylic acids is 1. The van der Waals surface area contributed by atoms with Gasteiger partial charge in [0.25, 0.3) is 0 Å². The molecule has 9 heteroatoms. The van der Waals surface area contributed by atoms with Crippen molar-refractivity contribution in [1.29, 1.82) is 5.41 Å². The Morgan fingerprint density at radius 1 is 1.08 bits per heavy atom. The van der Waals surface area contributed by atoms with Crippen LogP contribution in [0.4, 0.5) is 0 Å². The molecule has 1 aliphatic rings. The van der Waals surface area contributed by atoms with E-state index >= 15 is 0 Å². The molecule has 1 fully saturated rings. The summed E-state index contributed by atoms with van der Waals surface area (Å²) < 4.78 is 0. The fourth-order valence-corrected chi connectivity index (χ4v) is 4.71.